The van der Waals surface area contributed by atoms with Crippen molar-refractivity contribution in [3.05, 3.63) is 94.7 Å². The Labute approximate surface area is 230 Å². The summed E-state index contributed by atoms with van der Waals surface area (Å²) in [6.45, 7) is 4.42. The van der Waals surface area contributed by atoms with Crippen LogP contribution < -0.4 is 20.3 Å². The highest BCUT2D eigenvalue weighted by Gasteiger charge is 2.39. The van der Waals surface area contributed by atoms with Crippen LogP contribution in [0.4, 0.5) is 17.1 Å². The molecule has 0 saturated carbocycles. The fourth-order valence-corrected chi connectivity index (χ4v) is 4.04. The first kappa shape index (κ1) is 27.4. The molecule has 3 aromatic rings. The Balaban J connectivity index is 1.52. The summed E-state index contributed by atoms with van der Waals surface area (Å²) in [5, 5.41) is 5.36. The van der Waals surface area contributed by atoms with E-state index in [1.54, 1.807) is 48.5 Å². The molecule has 0 aliphatic carbocycles. The number of esters is 1. The van der Waals surface area contributed by atoms with Gasteiger partial charge in [-0.3, -0.25) is 14.4 Å². The van der Waals surface area contributed by atoms with Crippen molar-refractivity contribution < 1.29 is 28.7 Å². The second kappa shape index (κ2) is 12.3. The van der Waals surface area contributed by atoms with E-state index in [4.69, 9.17) is 21.1 Å². The Kier molecular flexibility index (Phi) is 8.63. The fraction of sp³-hybridized carbons (Fsp3) is 0.172. The molecule has 0 aromatic heterocycles. The molecule has 3 aromatic carbocycles. The zero-order chi connectivity index (χ0) is 27.9. The molecule has 1 aliphatic rings. The molecule has 2 N–H and O–H groups in total. The van der Waals surface area contributed by atoms with Gasteiger partial charge >= 0.3 is 5.97 Å². The Bertz CT molecular complexity index is 1470. The summed E-state index contributed by atoms with van der Waals surface area (Å²) in [6, 6.07) is 19.5. The number of imide groups is 1. The number of para-hydroxylation sites is 2. The largest absolute Gasteiger partial charge is 0.492 e. The highest BCUT2D eigenvalue weighted by atomic mass is 35.5. The van der Waals surface area contributed by atoms with Gasteiger partial charge in [-0.15, -0.1) is 0 Å². The Hall–Kier alpha value is -4.63. The van der Waals surface area contributed by atoms with Crippen molar-refractivity contribution in [3.63, 3.8) is 0 Å². The number of benzene rings is 3. The van der Waals surface area contributed by atoms with Crippen LogP contribution in [0.15, 0.2) is 83.5 Å². The molecule has 0 spiro atoms. The van der Waals surface area contributed by atoms with Gasteiger partial charge in [0.2, 0.25) is 0 Å². The summed E-state index contributed by atoms with van der Waals surface area (Å²) in [6.07, 6.45) is 0.659. The van der Waals surface area contributed by atoms with Gasteiger partial charge in [0, 0.05) is 11.3 Å². The molecule has 9 nitrogen and oxygen atoms in total. The highest BCUT2D eigenvalue weighted by Crippen LogP contribution is 2.31. The second-order valence-corrected chi connectivity index (χ2v) is 8.79. The number of nitrogens with one attached hydrogen (secondary N) is 2. The zero-order valence-corrected chi connectivity index (χ0v) is 22.1. The number of anilines is 3. The van der Waals surface area contributed by atoms with Crippen molar-refractivity contribution in [1.82, 2.24) is 0 Å². The van der Waals surface area contributed by atoms with Crippen LogP contribution in [0.25, 0.3) is 0 Å². The number of hydrogen-bond donors (Lipinski definition) is 2. The van der Waals surface area contributed by atoms with Crippen LogP contribution in [0, 0.1) is 0 Å². The van der Waals surface area contributed by atoms with E-state index in [1.165, 1.54) is 24.3 Å². The Morgan fingerprint density at radius 2 is 1.64 bits per heavy atom. The molecular weight excluding hydrogens is 522 g/mol. The summed E-state index contributed by atoms with van der Waals surface area (Å²) in [4.78, 5) is 52.2. The predicted octanol–water partition coefficient (Wildman–Crippen LogP) is 5.34. The first-order valence-corrected chi connectivity index (χ1v) is 12.7. The van der Waals surface area contributed by atoms with Crippen LogP contribution in [0.1, 0.15) is 41.0 Å². The van der Waals surface area contributed by atoms with Gasteiger partial charge in [0.1, 0.15) is 16.5 Å². The van der Waals surface area contributed by atoms with Crippen LogP contribution in [-0.2, 0) is 14.3 Å². The van der Waals surface area contributed by atoms with Gasteiger partial charge in [-0.05, 0) is 61.9 Å². The smallest absolute Gasteiger partial charge is 0.338 e. The Morgan fingerprint density at radius 3 is 2.41 bits per heavy atom. The van der Waals surface area contributed by atoms with E-state index in [-0.39, 0.29) is 28.6 Å². The molecule has 1 aliphatic heterocycles. The first-order chi connectivity index (χ1) is 18.8. The maximum Gasteiger partial charge on any atom is 0.338 e. The highest BCUT2D eigenvalue weighted by molar-refractivity contribution is 6.53. The molecule has 3 amide bonds. The van der Waals surface area contributed by atoms with Crippen molar-refractivity contribution in [3.8, 4) is 5.75 Å². The van der Waals surface area contributed by atoms with Crippen LogP contribution in [-0.4, -0.2) is 36.9 Å². The second-order valence-electron chi connectivity index (χ2n) is 8.41. The maximum absolute atomic E-state index is 13.2. The normalized spacial score (nSPS) is 12.9. The van der Waals surface area contributed by atoms with Gasteiger partial charge in [0.25, 0.3) is 17.7 Å². The summed E-state index contributed by atoms with van der Waals surface area (Å²) in [5.74, 6) is -1.87. The Morgan fingerprint density at radius 1 is 0.897 bits per heavy atom. The fourth-order valence-electron chi connectivity index (χ4n) is 3.82. The van der Waals surface area contributed by atoms with Crippen molar-refractivity contribution in [1.29, 1.82) is 0 Å². The van der Waals surface area contributed by atoms with Crippen LogP contribution in [0.3, 0.4) is 0 Å². The van der Waals surface area contributed by atoms with E-state index < -0.39 is 23.7 Å². The lowest BCUT2D eigenvalue weighted by molar-refractivity contribution is -0.120. The molecule has 10 heteroatoms. The summed E-state index contributed by atoms with van der Waals surface area (Å²) in [5.41, 5.74) is 1.40. The quantitative estimate of drug-likeness (QED) is 0.260. The molecule has 0 radical (unpaired) electrons. The standard InChI is InChI=1S/C29H26ClN3O6/c1-3-15-39-29(37)19-10-8-12-21(17-19)33-27(35)24(30)25(28(33)36)31-20-11-7-9-18(16-20)26(34)32-22-13-5-6-14-23(22)38-4-2/h5-14,16-17,31H,3-4,15H2,1-2H3,(H,32,34). The lowest BCUT2D eigenvalue weighted by Gasteiger charge is -2.16. The summed E-state index contributed by atoms with van der Waals surface area (Å²) in [7, 11) is 0. The molecule has 1 heterocycles. The molecule has 0 fully saturated rings. The van der Waals surface area contributed by atoms with Gasteiger partial charge in [-0.25, -0.2) is 9.69 Å². The summed E-state index contributed by atoms with van der Waals surface area (Å²) >= 11 is 6.27. The number of carbonyl (C=O) groups excluding carboxylic acids is 4. The van der Waals surface area contributed by atoms with E-state index in [0.29, 0.717) is 35.7 Å². The molecule has 39 heavy (non-hydrogen) atoms. The number of carbonyl (C=O) groups is 4. The number of halogens is 1. The number of hydrogen-bond acceptors (Lipinski definition) is 7. The third-order valence-corrected chi connectivity index (χ3v) is 5.98. The van der Waals surface area contributed by atoms with E-state index in [2.05, 4.69) is 10.6 Å². The van der Waals surface area contributed by atoms with E-state index in [9.17, 15) is 19.2 Å². The average molecular weight is 548 g/mol. The molecule has 0 saturated heterocycles. The number of amides is 3. The minimum Gasteiger partial charge on any atom is -0.492 e. The van der Waals surface area contributed by atoms with Gasteiger partial charge in [-0.1, -0.05) is 42.8 Å². The molecule has 0 unspecified atom stereocenters. The predicted molar refractivity (Wildman–Crippen MR) is 148 cm³/mol. The lowest BCUT2D eigenvalue weighted by atomic mass is 10.1. The number of rotatable bonds is 10. The maximum atomic E-state index is 13.2. The van der Waals surface area contributed by atoms with Crippen molar-refractivity contribution >= 4 is 52.4 Å². The SMILES string of the molecule is CCCOC(=O)c1cccc(N2C(=O)C(Cl)=C(Nc3cccc(C(=O)Nc4ccccc4OCC)c3)C2=O)c1. The lowest BCUT2D eigenvalue weighted by Crippen LogP contribution is -2.32. The molecule has 0 bridgehead atoms. The van der Waals surface area contributed by atoms with Crippen LogP contribution in [0.5, 0.6) is 5.75 Å². The average Bonchev–Trinajstić information content (AvgIpc) is 3.15. The van der Waals surface area contributed by atoms with Crippen LogP contribution >= 0.6 is 11.6 Å². The van der Waals surface area contributed by atoms with Crippen molar-refractivity contribution in [2.75, 3.05) is 28.7 Å². The van der Waals surface area contributed by atoms with Gasteiger partial charge in [0.05, 0.1) is 30.2 Å². The molecule has 200 valence electrons. The van der Waals surface area contributed by atoms with Gasteiger partial charge < -0.3 is 20.1 Å². The minimum atomic E-state index is -0.746. The van der Waals surface area contributed by atoms with E-state index in [1.807, 2.05) is 13.8 Å². The molecule has 4 rings (SSSR count). The third-order valence-electron chi connectivity index (χ3n) is 5.63. The first-order valence-electron chi connectivity index (χ1n) is 12.3. The molecular formula is C29H26ClN3O6. The van der Waals surface area contributed by atoms with Gasteiger partial charge in [-0.2, -0.15) is 0 Å². The van der Waals surface area contributed by atoms with Gasteiger partial charge in [0.15, 0.2) is 0 Å². The van der Waals surface area contributed by atoms with Crippen molar-refractivity contribution in [2.45, 2.75) is 20.3 Å². The number of ether oxygens (including phenoxy) is 2. The summed E-state index contributed by atoms with van der Waals surface area (Å²) < 4.78 is 10.7. The van der Waals surface area contributed by atoms with E-state index in [0.717, 1.165) is 4.90 Å². The zero-order valence-electron chi connectivity index (χ0n) is 21.3. The third kappa shape index (κ3) is 6.10. The van der Waals surface area contributed by atoms with E-state index >= 15 is 0 Å². The monoisotopic (exact) mass is 547 g/mol. The van der Waals surface area contributed by atoms with Crippen molar-refractivity contribution in [2.24, 2.45) is 0 Å². The van der Waals surface area contributed by atoms with Crippen LogP contribution in [0.2, 0.25) is 0 Å². The topological polar surface area (TPSA) is 114 Å². The molecule has 0 atom stereocenters. The number of nitrogens with zero attached hydrogens (tertiary/aromatic N) is 1. The minimum absolute atomic E-state index is 0.153.